The highest BCUT2D eigenvalue weighted by Gasteiger charge is 2.32. The number of nitrogens with zero attached hydrogens (tertiary/aromatic N) is 2. The quantitative estimate of drug-likeness (QED) is 0.725. The molecule has 0 aliphatic carbocycles. The largest absolute Gasteiger partial charge is 0.438 e. The van der Waals surface area contributed by atoms with E-state index in [4.69, 9.17) is 9.52 Å². The smallest absolute Gasteiger partial charge is 0.291 e. The zero-order valence-electron chi connectivity index (χ0n) is 7.93. The fourth-order valence-electron chi connectivity index (χ4n) is 1.50. The van der Waals surface area contributed by atoms with Crippen molar-refractivity contribution in [3.63, 3.8) is 0 Å². The Hall–Kier alpha value is -1.36. The highest BCUT2D eigenvalue weighted by Crippen LogP contribution is 2.19. The van der Waals surface area contributed by atoms with Crippen LogP contribution in [0, 0.1) is 12.8 Å². The summed E-state index contributed by atoms with van der Waals surface area (Å²) in [6, 6.07) is 0. The molecule has 0 radical (unpaired) electrons. The van der Waals surface area contributed by atoms with Crippen LogP contribution >= 0.6 is 0 Å². The number of hydrogen-bond donors (Lipinski definition) is 1. The van der Waals surface area contributed by atoms with Gasteiger partial charge in [-0.1, -0.05) is 0 Å². The standard InChI is InChI=1S/C9H12N2O3/c1-6-8(14-5-10-6)9(13)11-2-7(3-11)4-12/h5,7,12H,2-4H2,1H3. The fourth-order valence-corrected chi connectivity index (χ4v) is 1.50. The molecule has 0 atom stereocenters. The summed E-state index contributed by atoms with van der Waals surface area (Å²) >= 11 is 0. The van der Waals surface area contributed by atoms with Gasteiger partial charge in [0.2, 0.25) is 5.76 Å². The lowest BCUT2D eigenvalue weighted by atomic mass is 10.0. The van der Waals surface area contributed by atoms with E-state index in [-0.39, 0.29) is 18.4 Å². The van der Waals surface area contributed by atoms with Crippen LogP contribution in [-0.4, -0.2) is 40.6 Å². The zero-order chi connectivity index (χ0) is 10.1. The molecule has 1 N–H and O–H groups in total. The minimum atomic E-state index is -0.135. The summed E-state index contributed by atoms with van der Waals surface area (Å²) in [6.45, 7) is 3.09. The fraction of sp³-hybridized carbons (Fsp3) is 0.556. The first kappa shape index (κ1) is 9.21. The third kappa shape index (κ3) is 1.39. The van der Waals surface area contributed by atoms with E-state index in [9.17, 15) is 4.79 Å². The molecule has 1 aromatic heterocycles. The maximum atomic E-state index is 11.7. The number of aliphatic hydroxyl groups is 1. The van der Waals surface area contributed by atoms with Crippen LogP contribution in [0.5, 0.6) is 0 Å². The Balaban J connectivity index is 2.01. The van der Waals surface area contributed by atoms with Gasteiger partial charge in [-0.25, -0.2) is 4.98 Å². The number of aryl methyl sites for hydroxylation is 1. The van der Waals surface area contributed by atoms with Gasteiger partial charge in [-0.2, -0.15) is 0 Å². The first-order valence-electron chi connectivity index (χ1n) is 4.52. The molecule has 0 aromatic carbocycles. The highest BCUT2D eigenvalue weighted by molar-refractivity contribution is 5.92. The first-order valence-corrected chi connectivity index (χ1v) is 4.52. The van der Waals surface area contributed by atoms with E-state index in [2.05, 4.69) is 4.98 Å². The lowest BCUT2D eigenvalue weighted by Crippen LogP contribution is -2.51. The highest BCUT2D eigenvalue weighted by atomic mass is 16.3. The molecule has 5 heteroatoms. The molecule has 1 amide bonds. The molecule has 1 aromatic rings. The van der Waals surface area contributed by atoms with E-state index in [1.165, 1.54) is 6.39 Å². The van der Waals surface area contributed by atoms with Gasteiger partial charge in [0.05, 0.1) is 5.69 Å². The molecule has 2 heterocycles. The van der Waals surface area contributed by atoms with Crippen LogP contribution in [0.4, 0.5) is 0 Å². The Morgan fingerprint density at radius 3 is 3.00 bits per heavy atom. The summed E-state index contributed by atoms with van der Waals surface area (Å²) in [5, 5.41) is 8.80. The molecule has 5 nitrogen and oxygen atoms in total. The zero-order valence-corrected chi connectivity index (χ0v) is 7.93. The van der Waals surface area contributed by atoms with E-state index >= 15 is 0 Å². The van der Waals surface area contributed by atoms with Crippen molar-refractivity contribution in [1.82, 2.24) is 9.88 Å². The van der Waals surface area contributed by atoms with E-state index in [1.54, 1.807) is 11.8 Å². The SMILES string of the molecule is Cc1ncoc1C(=O)N1CC(CO)C1. The minimum absolute atomic E-state index is 0.135. The summed E-state index contributed by atoms with van der Waals surface area (Å²) in [5.74, 6) is 0.397. The molecule has 1 fully saturated rings. The normalized spacial score (nSPS) is 16.9. The third-order valence-corrected chi connectivity index (χ3v) is 2.44. The average Bonchev–Trinajstić information content (AvgIpc) is 2.49. The van der Waals surface area contributed by atoms with Gasteiger partial charge >= 0.3 is 0 Å². The Labute approximate surface area is 81.3 Å². The van der Waals surface area contributed by atoms with Crippen LogP contribution in [-0.2, 0) is 0 Å². The molecule has 0 spiro atoms. The van der Waals surface area contributed by atoms with Crippen molar-refractivity contribution in [2.24, 2.45) is 5.92 Å². The molecule has 0 saturated carbocycles. The number of rotatable bonds is 2. The van der Waals surface area contributed by atoms with Crippen molar-refractivity contribution in [2.45, 2.75) is 6.92 Å². The number of likely N-dealkylation sites (tertiary alicyclic amines) is 1. The van der Waals surface area contributed by atoms with Crippen LogP contribution in [0.2, 0.25) is 0 Å². The van der Waals surface area contributed by atoms with Gasteiger partial charge in [-0.15, -0.1) is 0 Å². The van der Waals surface area contributed by atoms with Crippen LogP contribution in [0.3, 0.4) is 0 Å². The average molecular weight is 196 g/mol. The van der Waals surface area contributed by atoms with Crippen molar-refractivity contribution in [3.8, 4) is 0 Å². The summed E-state index contributed by atoms with van der Waals surface area (Å²) in [6.07, 6.45) is 1.27. The first-order chi connectivity index (χ1) is 6.72. The van der Waals surface area contributed by atoms with Gasteiger partial charge in [0.1, 0.15) is 0 Å². The molecular weight excluding hydrogens is 184 g/mol. The Kier molecular flexibility index (Phi) is 2.25. The van der Waals surface area contributed by atoms with Crippen molar-refractivity contribution in [1.29, 1.82) is 0 Å². The maximum absolute atomic E-state index is 11.7. The van der Waals surface area contributed by atoms with E-state index in [1.807, 2.05) is 0 Å². The molecule has 14 heavy (non-hydrogen) atoms. The molecule has 2 rings (SSSR count). The van der Waals surface area contributed by atoms with Crippen molar-refractivity contribution >= 4 is 5.91 Å². The molecule has 1 saturated heterocycles. The van der Waals surface area contributed by atoms with Gasteiger partial charge in [0.25, 0.3) is 5.91 Å². The van der Waals surface area contributed by atoms with E-state index in [0.717, 1.165) is 0 Å². The monoisotopic (exact) mass is 196 g/mol. The van der Waals surface area contributed by atoms with Gasteiger partial charge in [0, 0.05) is 25.6 Å². The topological polar surface area (TPSA) is 66.6 Å². The van der Waals surface area contributed by atoms with E-state index in [0.29, 0.717) is 24.5 Å². The molecule has 1 aliphatic rings. The number of aromatic nitrogens is 1. The van der Waals surface area contributed by atoms with Gasteiger partial charge < -0.3 is 14.4 Å². The Morgan fingerprint density at radius 2 is 2.50 bits per heavy atom. The maximum Gasteiger partial charge on any atom is 0.291 e. The minimum Gasteiger partial charge on any atom is -0.438 e. The van der Waals surface area contributed by atoms with Crippen molar-refractivity contribution < 1.29 is 14.3 Å². The van der Waals surface area contributed by atoms with Gasteiger partial charge in [-0.3, -0.25) is 4.79 Å². The van der Waals surface area contributed by atoms with Crippen LogP contribution in [0.15, 0.2) is 10.8 Å². The number of carbonyl (C=O) groups excluding carboxylic acids is 1. The number of oxazole rings is 1. The molecule has 0 bridgehead atoms. The van der Waals surface area contributed by atoms with Gasteiger partial charge in [0.15, 0.2) is 6.39 Å². The summed E-state index contributed by atoms with van der Waals surface area (Å²) in [4.78, 5) is 17.2. The molecule has 76 valence electrons. The van der Waals surface area contributed by atoms with Gasteiger partial charge in [-0.05, 0) is 6.92 Å². The number of aliphatic hydroxyl groups excluding tert-OH is 1. The molecular formula is C9H12N2O3. The summed E-state index contributed by atoms with van der Waals surface area (Å²) in [5.41, 5.74) is 0.613. The third-order valence-electron chi connectivity index (χ3n) is 2.44. The number of hydrogen-bond acceptors (Lipinski definition) is 4. The van der Waals surface area contributed by atoms with Crippen LogP contribution < -0.4 is 0 Å². The second-order valence-corrected chi connectivity index (χ2v) is 3.53. The number of amides is 1. The van der Waals surface area contributed by atoms with Crippen LogP contribution in [0.1, 0.15) is 16.2 Å². The number of carbonyl (C=O) groups is 1. The predicted molar refractivity (Wildman–Crippen MR) is 47.7 cm³/mol. The Morgan fingerprint density at radius 1 is 1.79 bits per heavy atom. The van der Waals surface area contributed by atoms with Crippen molar-refractivity contribution in [2.75, 3.05) is 19.7 Å². The predicted octanol–water partition coefficient (Wildman–Crippen LogP) is 0.0473. The second kappa shape index (κ2) is 3.42. The Bertz CT molecular complexity index is 342. The van der Waals surface area contributed by atoms with Crippen molar-refractivity contribution in [3.05, 3.63) is 17.8 Å². The lowest BCUT2D eigenvalue weighted by Gasteiger charge is -2.37. The summed E-state index contributed by atoms with van der Waals surface area (Å²) < 4.78 is 4.99. The molecule has 0 unspecified atom stereocenters. The molecule has 1 aliphatic heterocycles. The lowest BCUT2D eigenvalue weighted by molar-refractivity contribution is 0.0333. The second-order valence-electron chi connectivity index (χ2n) is 3.53. The summed E-state index contributed by atoms with van der Waals surface area (Å²) in [7, 11) is 0. The van der Waals surface area contributed by atoms with Crippen LogP contribution in [0.25, 0.3) is 0 Å². The van der Waals surface area contributed by atoms with E-state index < -0.39 is 0 Å².